The molecule has 0 aromatic heterocycles. The predicted octanol–water partition coefficient (Wildman–Crippen LogP) is 3.92. The van der Waals surface area contributed by atoms with E-state index in [0.717, 1.165) is 30.8 Å². The Labute approximate surface area is 155 Å². The lowest BCUT2D eigenvalue weighted by Gasteiger charge is -2.26. The number of rotatable bonds is 5. The van der Waals surface area contributed by atoms with E-state index in [9.17, 15) is 4.79 Å². The number of benzene rings is 1. The van der Waals surface area contributed by atoms with Gasteiger partial charge in [-0.3, -0.25) is 4.72 Å². The Morgan fingerprint density at radius 1 is 0.960 bits per heavy atom. The number of fused-ring (bicyclic) bond motifs is 2. The van der Waals surface area contributed by atoms with Gasteiger partial charge in [-0.05, 0) is 98.7 Å². The summed E-state index contributed by atoms with van der Waals surface area (Å²) in [7, 11) is 0. The number of piperidine rings is 1. The molecule has 5 heteroatoms. The maximum Gasteiger partial charge on any atom is 0.329 e. The smallest absolute Gasteiger partial charge is 0.307 e. The molecule has 0 atom stereocenters. The van der Waals surface area contributed by atoms with Crippen LogP contribution in [-0.4, -0.2) is 36.3 Å². The van der Waals surface area contributed by atoms with Crippen LogP contribution in [-0.2, 0) is 25.7 Å². The molecule has 1 saturated heterocycles. The van der Waals surface area contributed by atoms with E-state index in [1.165, 1.54) is 92.2 Å². The molecule has 1 aromatic rings. The summed E-state index contributed by atoms with van der Waals surface area (Å²) >= 11 is 1.54. The molecular weight excluding hydrogens is 330 g/mol. The summed E-state index contributed by atoms with van der Waals surface area (Å²) in [4.78, 5) is 14.9. The Kier molecular flexibility index (Phi) is 5.51. The molecular formula is C20H29N3OS. The van der Waals surface area contributed by atoms with Crippen molar-refractivity contribution in [1.29, 1.82) is 0 Å². The number of hydrogen-bond acceptors (Lipinski definition) is 3. The average Bonchev–Trinajstić information content (AvgIpc) is 3.28. The first-order valence-corrected chi connectivity index (χ1v) is 10.9. The molecule has 0 saturated carbocycles. The van der Waals surface area contributed by atoms with Crippen LogP contribution >= 0.6 is 11.9 Å². The van der Waals surface area contributed by atoms with Gasteiger partial charge in [-0.2, -0.15) is 0 Å². The molecule has 0 spiro atoms. The molecule has 2 aliphatic carbocycles. The van der Waals surface area contributed by atoms with E-state index in [4.69, 9.17) is 0 Å². The second-order valence-electron chi connectivity index (χ2n) is 7.54. The minimum Gasteiger partial charge on any atom is -0.307 e. The van der Waals surface area contributed by atoms with E-state index in [0.29, 0.717) is 0 Å². The molecule has 25 heavy (non-hydrogen) atoms. The number of amides is 2. The van der Waals surface area contributed by atoms with Crippen LogP contribution in [0.4, 0.5) is 10.5 Å². The number of nitrogens with zero attached hydrogens (tertiary/aromatic N) is 1. The molecule has 3 aliphatic rings. The van der Waals surface area contributed by atoms with E-state index >= 15 is 0 Å². The fourth-order valence-electron chi connectivity index (χ4n) is 4.58. The lowest BCUT2D eigenvalue weighted by Crippen LogP contribution is -2.32. The second kappa shape index (κ2) is 8.00. The summed E-state index contributed by atoms with van der Waals surface area (Å²) in [6.45, 7) is 3.51. The van der Waals surface area contributed by atoms with E-state index in [-0.39, 0.29) is 6.03 Å². The minimum atomic E-state index is -0.0574. The topological polar surface area (TPSA) is 44.4 Å². The highest BCUT2D eigenvalue weighted by molar-refractivity contribution is 7.97. The molecule has 1 aliphatic heterocycles. The van der Waals surface area contributed by atoms with Crippen LogP contribution in [0.5, 0.6) is 0 Å². The third kappa shape index (κ3) is 3.98. The SMILES string of the molecule is O=C(NSCCN1CCCCC1)Nc1c2c(cc3c1CCC3)CCC2. The van der Waals surface area contributed by atoms with Crippen LogP contribution in [0.25, 0.3) is 0 Å². The number of aryl methyl sites for hydroxylation is 2. The number of carbonyl (C=O) groups is 1. The summed E-state index contributed by atoms with van der Waals surface area (Å²) in [5.41, 5.74) is 6.86. The molecule has 1 heterocycles. The third-order valence-corrected chi connectivity index (χ3v) is 6.55. The van der Waals surface area contributed by atoms with Gasteiger partial charge >= 0.3 is 6.03 Å². The van der Waals surface area contributed by atoms with E-state index in [1.807, 2.05) is 0 Å². The Hall–Kier alpha value is -1.20. The van der Waals surface area contributed by atoms with Crippen molar-refractivity contribution < 1.29 is 4.79 Å². The van der Waals surface area contributed by atoms with Gasteiger partial charge in [0.2, 0.25) is 0 Å². The zero-order valence-corrected chi connectivity index (χ0v) is 15.8. The van der Waals surface area contributed by atoms with E-state index in [2.05, 4.69) is 21.0 Å². The van der Waals surface area contributed by atoms with Gasteiger partial charge in [0.25, 0.3) is 0 Å². The normalized spacial score (nSPS) is 19.5. The molecule has 4 rings (SSSR count). The van der Waals surface area contributed by atoms with Gasteiger partial charge < -0.3 is 10.2 Å². The molecule has 136 valence electrons. The molecule has 0 unspecified atom stereocenters. The van der Waals surface area contributed by atoms with Gasteiger partial charge in [-0.15, -0.1) is 0 Å². The Bertz CT molecular complexity index is 608. The summed E-state index contributed by atoms with van der Waals surface area (Å²) in [6, 6.07) is 2.35. The Balaban J connectivity index is 1.31. The molecule has 0 radical (unpaired) electrons. The fraction of sp³-hybridized carbons (Fsp3) is 0.650. The van der Waals surface area contributed by atoms with Crippen molar-refractivity contribution in [2.45, 2.75) is 57.8 Å². The van der Waals surface area contributed by atoms with Crippen molar-refractivity contribution in [2.24, 2.45) is 0 Å². The van der Waals surface area contributed by atoms with Crippen molar-refractivity contribution in [2.75, 3.05) is 30.7 Å². The zero-order chi connectivity index (χ0) is 17.1. The first-order valence-electron chi connectivity index (χ1n) is 9.89. The lowest BCUT2D eigenvalue weighted by molar-refractivity contribution is 0.242. The molecule has 2 amide bonds. The van der Waals surface area contributed by atoms with E-state index in [1.54, 1.807) is 0 Å². The first kappa shape index (κ1) is 17.2. The maximum absolute atomic E-state index is 12.4. The number of anilines is 1. The summed E-state index contributed by atoms with van der Waals surface area (Å²) in [5, 5.41) is 3.20. The molecule has 1 fully saturated rings. The maximum atomic E-state index is 12.4. The van der Waals surface area contributed by atoms with Crippen LogP contribution in [0.3, 0.4) is 0 Å². The largest absolute Gasteiger partial charge is 0.329 e. The molecule has 1 aromatic carbocycles. The van der Waals surface area contributed by atoms with Gasteiger partial charge in [0.05, 0.1) is 0 Å². The minimum absolute atomic E-state index is 0.0574. The Morgan fingerprint density at radius 2 is 1.64 bits per heavy atom. The number of hydrogen-bond donors (Lipinski definition) is 2. The van der Waals surface area contributed by atoms with Crippen LogP contribution < -0.4 is 10.0 Å². The third-order valence-electron chi connectivity index (χ3n) is 5.83. The van der Waals surface area contributed by atoms with Gasteiger partial charge in [-0.25, -0.2) is 4.79 Å². The van der Waals surface area contributed by atoms with Crippen LogP contribution in [0.2, 0.25) is 0 Å². The average molecular weight is 360 g/mol. The van der Waals surface area contributed by atoms with Crippen LogP contribution in [0.1, 0.15) is 54.4 Å². The van der Waals surface area contributed by atoms with Gasteiger partial charge in [-0.1, -0.05) is 12.5 Å². The first-order chi connectivity index (χ1) is 12.3. The number of nitrogens with one attached hydrogen (secondary N) is 2. The Morgan fingerprint density at radius 3 is 2.32 bits per heavy atom. The van der Waals surface area contributed by atoms with Crippen molar-refractivity contribution in [3.63, 3.8) is 0 Å². The second-order valence-corrected chi connectivity index (χ2v) is 8.44. The van der Waals surface area contributed by atoms with Gasteiger partial charge in [0.1, 0.15) is 0 Å². The molecule has 2 N–H and O–H groups in total. The quantitative estimate of drug-likeness (QED) is 0.619. The fourth-order valence-corrected chi connectivity index (χ4v) is 5.21. The number of carbonyl (C=O) groups excluding carboxylic acids is 1. The molecule has 4 nitrogen and oxygen atoms in total. The summed E-state index contributed by atoms with van der Waals surface area (Å²) in [6.07, 6.45) is 11.0. The highest BCUT2D eigenvalue weighted by atomic mass is 32.2. The summed E-state index contributed by atoms with van der Waals surface area (Å²) in [5.74, 6) is 0.957. The predicted molar refractivity (Wildman–Crippen MR) is 105 cm³/mol. The highest BCUT2D eigenvalue weighted by Crippen LogP contribution is 2.38. The highest BCUT2D eigenvalue weighted by Gasteiger charge is 2.24. The van der Waals surface area contributed by atoms with Crippen molar-refractivity contribution in [3.8, 4) is 0 Å². The van der Waals surface area contributed by atoms with Crippen LogP contribution in [0, 0.1) is 0 Å². The van der Waals surface area contributed by atoms with Crippen LogP contribution in [0.15, 0.2) is 6.07 Å². The van der Waals surface area contributed by atoms with E-state index < -0.39 is 0 Å². The van der Waals surface area contributed by atoms with Crippen molar-refractivity contribution in [3.05, 3.63) is 28.3 Å². The number of urea groups is 1. The van der Waals surface area contributed by atoms with Gasteiger partial charge in [0.15, 0.2) is 0 Å². The monoisotopic (exact) mass is 359 g/mol. The standard InChI is InChI=1S/C20H29N3OS/c24-20(22-25-13-12-23-10-2-1-3-11-23)21-19-17-8-4-6-15(17)14-16-7-5-9-18(16)19/h14H,1-13H2,(H2,21,22,24). The lowest BCUT2D eigenvalue weighted by atomic mass is 9.99. The van der Waals surface area contributed by atoms with Crippen molar-refractivity contribution in [1.82, 2.24) is 9.62 Å². The van der Waals surface area contributed by atoms with Crippen molar-refractivity contribution >= 4 is 23.7 Å². The summed E-state index contributed by atoms with van der Waals surface area (Å²) < 4.78 is 2.99. The van der Waals surface area contributed by atoms with Gasteiger partial charge in [0, 0.05) is 18.0 Å². The zero-order valence-electron chi connectivity index (χ0n) is 15.0. The molecule has 0 bridgehead atoms. The number of likely N-dealkylation sites (tertiary alicyclic amines) is 1.